The van der Waals surface area contributed by atoms with Crippen molar-refractivity contribution in [2.24, 2.45) is 0 Å². The van der Waals surface area contributed by atoms with Crippen molar-refractivity contribution >= 4 is 23.4 Å². The SMILES string of the molecule is Cl.[O-][n+]1ncnc2ccccc21. The molecule has 2 rings (SSSR count). The summed E-state index contributed by atoms with van der Waals surface area (Å²) in [4.78, 5) is 4.47. The van der Waals surface area contributed by atoms with Gasteiger partial charge in [-0.2, -0.15) is 0 Å². The summed E-state index contributed by atoms with van der Waals surface area (Å²) in [7, 11) is 0. The topological polar surface area (TPSA) is 52.7 Å². The number of hydrogen-bond acceptors (Lipinski definition) is 3. The van der Waals surface area contributed by atoms with Crippen LogP contribution in [-0.2, 0) is 0 Å². The van der Waals surface area contributed by atoms with E-state index in [0.717, 1.165) is 0 Å². The van der Waals surface area contributed by atoms with Gasteiger partial charge in [0.15, 0.2) is 6.33 Å². The van der Waals surface area contributed by atoms with Crippen LogP contribution in [0.25, 0.3) is 11.0 Å². The van der Waals surface area contributed by atoms with Crippen molar-refractivity contribution in [1.82, 2.24) is 10.1 Å². The molecule has 0 spiro atoms. The number of fused-ring (bicyclic) bond motifs is 1. The largest absolute Gasteiger partial charge is 0.594 e. The first-order valence-corrected chi connectivity index (χ1v) is 3.17. The molecule has 0 atom stereocenters. The molecule has 0 aliphatic carbocycles. The second-order valence-electron chi connectivity index (χ2n) is 2.12. The van der Waals surface area contributed by atoms with Crippen molar-refractivity contribution in [1.29, 1.82) is 0 Å². The van der Waals surface area contributed by atoms with E-state index in [1.165, 1.54) is 6.33 Å². The van der Waals surface area contributed by atoms with E-state index < -0.39 is 0 Å². The van der Waals surface area contributed by atoms with Crippen LogP contribution in [-0.4, -0.2) is 10.1 Å². The molecule has 12 heavy (non-hydrogen) atoms. The number of para-hydroxylation sites is 2. The lowest BCUT2D eigenvalue weighted by molar-refractivity contribution is -0.643. The molecule has 0 N–H and O–H groups in total. The highest BCUT2D eigenvalue weighted by Gasteiger charge is 2.01. The highest BCUT2D eigenvalue weighted by molar-refractivity contribution is 5.85. The zero-order valence-corrected chi connectivity index (χ0v) is 6.86. The molecule has 0 radical (unpaired) electrons. The maximum atomic E-state index is 10.9. The molecular formula is C7H6ClN3O. The van der Waals surface area contributed by atoms with Gasteiger partial charge in [-0.1, -0.05) is 12.1 Å². The Hall–Kier alpha value is -1.42. The predicted molar refractivity (Wildman–Crippen MR) is 45.7 cm³/mol. The number of halogens is 1. The van der Waals surface area contributed by atoms with Crippen LogP contribution in [0.3, 0.4) is 0 Å². The van der Waals surface area contributed by atoms with Gasteiger partial charge in [0, 0.05) is 11.2 Å². The Bertz CT molecular complexity index is 388. The molecule has 5 heteroatoms. The van der Waals surface area contributed by atoms with E-state index in [9.17, 15) is 5.21 Å². The smallest absolute Gasteiger partial charge is 0.270 e. The molecule has 0 amide bonds. The molecule has 0 aliphatic rings. The monoisotopic (exact) mass is 183 g/mol. The molecule has 0 saturated carbocycles. The molecule has 0 bridgehead atoms. The quantitative estimate of drug-likeness (QED) is 0.446. The van der Waals surface area contributed by atoms with Gasteiger partial charge in [0.25, 0.3) is 5.52 Å². The van der Waals surface area contributed by atoms with Crippen molar-refractivity contribution in [3.8, 4) is 0 Å². The number of rotatable bonds is 0. The van der Waals surface area contributed by atoms with Gasteiger partial charge < -0.3 is 5.21 Å². The second kappa shape index (κ2) is 3.32. The molecule has 1 aromatic heterocycles. The van der Waals surface area contributed by atoms with E-state index in [4.69, 9.17) is 0 Å². The van der Waals surface area contributed by atoms with Gasteiger partial charge in [0.2, 0.25) is 0 Å². The Labute approximate surface area is 74.9 Å². The molecule has 0 fully saturated rings. The normalized spacial score (nSPS) is 9.33. The average Bonchev–Trinajstić information content (AvgIpc) is 2.06. The van der Waals surface area contributed by atoms with E-state index >= 15 is 0 Å². The minimum atomic E-state index is 0. The molecule has 0 aliphatic heterocycles. The fraction of sp³-hybridized carbons (Fsp3) is 0. The summed E-state index contributed by atoms with van der Waals surface area (Å²) in [5.41, 5.74) is 1.16. The van der Waals surface area contributed by atoms with Crippen LogP contribution in [0.1, 0.15) is 0 Å². The fourth-order valence-electron chi connectivity index (χ4n) is 0.932. The van der Waals surface area contributed by atoms with Gasteiger partial charge in [-0.25, -0.2) is 4.98 Å². The maximum absolute atomic E-state index is 10.9. The third kappa shape index (κ3) is 1.29. The summed E-state index contributed by atoms with van der Waals surface area (Å²) < 4.78 is 0. The predicted octanol–water partition coefficient (Wildman–Crippen LogP) is 0.685. The van der Waals surface area contributed by atoms with Gasteiger partial charge in [-0.15, -0.1) is 12.4 Å². The van der Waals surface area contributed by atoms with Gasteiger partial charge in [0.05, 0.1) is 0 Å². The molecule has 2 aromatic rings. The lowest BCUT2D eigenvalue weighted by Crippen LogP contribution is -2.31. The van der Waals surface area contributed by atoms with E-state index in [1.807, 2.05) is 6.07 Å². The first-order valence-electron chi connectivity index (χ1n) is 3.17. The van der Waals surface area contributed by atoms with Crippen molar-refractivity contribution in [2.75, 3.05) is 0 Å². The van der Waals surface area contributed by atoms with Crippen LogP contribution < -0.4 is 4.85 Å². The summed E-state index contributed by atoms with van der Waals surface area (Å²) >= 11 is 0. The summed E-state index contributed by atoms with van der Waals surface area (Å²) in [5, 5.41) is 14.4. The molecule has 1 aromatic carbocycles. The maximum Gasteiger partial charge on any atom is 0.270 e. The van der Waals surface area contributed by atoms with Gasteiger partial charge in [0.1, 0.15) is 5.52 Å². The van der Waals surface area contributed by atoms with Crippen LogP contribution in [0.15, 0.2) is 30.6 Å². The van der Waals surface area contributed by atoms with Crippen molar-refractivity contribution < 1.29 is 4.85 Å². The first-order chi connectivity index (χ1) is 5.38. The highest BCUT2D eigenvalue weighted by Crippen LogP contribution is 2.02. The Morgan fingerprint density at radius 2 is 2.00 bits per heavy atom. The molecule has 0 unspecified atom stereocenters. The minimum Gasteiger partial charge on any atom is -0.594 e. The Morgan fingerprint density at radius 3 is 2.75 bits per heavy atom. The fourth-order valence-corrected chi connectivity index (χ4v) is 0.932. The summed E-state index contributed by atoms with van der Waals surface area (Å²) in [6.45, 7) is 0. The van der Waals surface area contributed by atoms with Crippen LogP contribution >= 0.6 is 12.4 Å². The molecule has 4 nitrogen and oxygen atoms in total. The molecular weight excluding hydrogens is 178 g/mol. The average molecular weight is 184 g/mol. The number of nitrogens with zero attached hydrogens (tertiary/aromatic N) is 3. The zero-order chi connectivity index (χ0) is 7.68. The molecule has 0 saturated heterocycles. The van der Waals surface area contributed by atoms with Gasteiger partial charge >= 0.3 is 0 Å². The van der Waals surface area contributed by atoms with Crippen molar-refractivity contribution in [3.63, 3.8) is 0 Å². The lowest BCUT2D eigenvalue weighted by Gasteiger charge is -1.94. The third-order valence-electron chi connectivity index (χ3n) is 1.44. The number of hydrogen-bond donors (Lipinski definition) is 0. The summed E-state index contributed by atoms with van der Waals surface area (Å²) in [5.74, 6) is 0. The Morgan fingerprint density at radius 1 is 1.25 bits per heavy atom. The van der Waals surface area contributed by atoms with Crippen molar-refractivity contribution in [3.05, 3.63) is 35.8 Å². The summed E-state index contributed by atoms with van der Waals surface area (Å²) in [6.07, 6.45) is 1.25. The molecule has 62 valence electrons. The highest BCUT2D eigenvalue weighted by atomic mass is 35.5. The standard InChI is InChI=1S/C7H5N3O.ClH/c11-10-7-4-2-1-3-6(7)8-5-9-10;/h1-5H;1H. The number of benzene rings is 1. The van der Waals surface area contributed by atoms with Crippen LogP contribution in [0.2, 0.25) is 0 Å². The second-order valence-corrected chi connectivity index (χ2v) is 2.12. The van der Waals surface area contributed by atoms with Gasteiger partial charge in [-0.3, -0.25) is 0 Å². The number of aromatic nitrogens is 3. The van der Waals surface area contributed by atoms with E-state index in [0.29, 0.717) is 15.9 Å². The lowest BCUT2D eigenvalue weighted by atomic mass is 10.3. The van der Waals surface area contributed by atoms with Crippen LogP contribution in [0.5, 0.6) is 0 Å². The Balaban J connectivity index is 0.000000720. The summed E-state index contributed by atoms with van der Waals surface area (Å²) in [6, 6.07) is 7.06. The third-order valence-corrected chi connectivity index (χ3v) is 1.44. The van der Waals surface area contributed by atoms with E-state index in [1.54, 1.807) is 18.2 Å². The van der Waals surface area contributed by atoms with Crippen LogP contribution in [0.4, 0.5) is 0 Å². The van der Waals surface area contributed by atoms with Crippen LogP contribution in [0, 0.1) is 5.21 Å². The van der Waals surface area contributed by atoms with E-state index in [-0.39, 0.29) is 12.4 Å². The first kappa shape index (κ1) is 8.67. The van der Waals surface area contributed by atoms with E-state index in [2.05, 4.69) is 10.1 Å². The van der Waals surface area contributed by atoms with Gasteiger partial charge in [-0.05, 0) is 10.9 Å². The zero-order valence-electron chi connectivity index (χ0n) is 6.04. The molecule has 1 heterocycles. The Kier molecular flexibility index (Phi) is 2.40. The van der Waals surface area contributed by atoms with Crippen molar-refractivity contribution in [2.45, 2.75) is 0 Å². The minimum absolute atomic E-state index is 0.